The van der Waals surface area contributed by atoms with E-state index in [0.717, 1.165) is 28.6 Å². The van der Waals surface area contributed by atoms with Crippen molar-refractivity contribution in [2.45, 2.75) is 19.8 Å². The largest absolute Gasteiger partial charge is 0.494 e. The second kappa shape index (κ2) is 8.58. The molecule has 4 nitrogen and oxygen atoms in total. The summed E-state index contributed by atoms with van der Waals surface area (Å²) in [5, 5.41) is 12.5. The van der Waals surface area contributed by atoms with Crippen molar-refractivity contribution in [2.24, 2.45) is 0 Å². The van der Waals surface area contributed by atoms with E-state index in [9.17, 15) is 9.90 Å². The Kier molecular flexibility index (Phi) is 6.47. The number of aryl methyl sites for hydroxylation is 1. The number of ether oxygens (including phenoxy) is 1. The molecule has 0 fully saturated rings. The first-order valence-corrected chi connectivity index (χ1v) is 8.32. The Morgan fingerprint density at radius 2 is 1.96 bits per heavy atom. The van der Waals surface area contributed by atoms with Gasteiger partial charge in [0, 0.05) is 11.0 Å². The zero-order valence-electron chi connectivity index (χ0n) is 13.0. The molecule has 0 saturated heterocycles. The van der Waals surface area contributed by atoms with E-state index in [-0.39, 0.29) is 5.56 Å². The van der Waals surface area contributed by atoms with Crippen molar-refractivity contribution in [3.8, 4) is 5.75 Å². The molecule has 23 heavy (non-hydrogen) atoms. The highest BCUT2D eigenvalue weighted by atomic mass is 79.9. The van der Waals surface area contributed by atoms with Crippen molar-refractivity contribution in [1.29, 1.82) is 0 Å². The van der Waals surface area contributed by atoms with Crippen molar-refractivity contribution >= 4 is 27.6 Å². The predicted octanol–water partition coefficient (Wildman–Crippen LogP) is 4.73. The lowest BCUT2D eigenvalue weighted by atomic mass is 10.1. The fourth-order valence-corrected chi connectivity index (χ4v) is 2.95. The highest BCUT2D eigenvalue weighted by molar-refractivity contribution is 9.10. The second-order valence-corrected chi connectivity index (χ2v) is 6.12. The Labute approximate surface area is 144 Å². The van der Waals surface area contributed by atoms with Gasteiger partial charge >= 0.3 is 5.97 Å². The number of carboxylic acids is 1. The lowest BCUT2D eigenvalue weighted by molar-refractivity contribution is 0.0697. The summed E-state index contributed by atoms with van der Waals surface area (Å²) < 4.78 is 6.40. The van der Waals surface area contributed by atoms with Crippen molar-refractivity contribution in [2.75, 3.05) is 18.5 Å². The fourth-order valence-electron chi connectivity index (χ4n) is 2.24. The van der Waals surface area contributed by atoms with Crippen LogP contribution in [0.25, 0.3) is 0 Å². The average Bonchev–Trinajstić information content (AvgIpc) is 2.52. The monoisotopic (exact) mass is 377 g/mol. The lowest BCUT2D eigenvalue weighted by Crippen LogP contribution is -2.10. The Bertz CT molecular complexity index is 659. The van der Waals surface area contributed by atoms with Gasteiger partial charge < -0.3 is 15.2 Å². The van der Waals surface area contributed by atoms with Gasteiger partial charge in [-0.05, 0) is 65.5 Å². The van der Waals surface area contributed by atoms with Gasteiger partial charge in [-0.1, -0.05) is 18.2 Å². The molecular formula is C18H20BrNO3. The Hall–Kier alpha value is -2.01. The average molecular weight is 378 g/mol. The molecule has 0 atom stereocenters. The number of anilines is 1. The molecule has 0 aliphatic rings. The SMILES string of the molecule is Cc1cc(Br)c(NCCCCOc2ccccc2)c(C(=O)O)c1. The van der Waals surface area contributed by atoms with Gasteiger partial charge in [-0.3, -0.25) is 0 Å². The molecule has 2 N–H and O–H groups in total. The van der Waals surface area contributed by atoms with Gasteiger partial charge in [0.1, 0.15) is 5.75 Å². The number of hydrogen-bond donors (Lipinski definition) is 2. The van der Waals surface area contributed by atoms with Gasteiger partial charge in [0.25, 0.3) is 0 Å². The molecule has 0 amide bonds. The highest BCUT2D eigenvalue weighted by Crippen LogP contribution is 2.28. The Balaban J connectivity index is 1.79. The molecule has 0 bridgehead atoms. The van der Waals surface area contributed by atoms with E-state index in [1.165, 1.54) is 0 Å². The van der Waals surface area contributed by atoms with E-state index in [1.54, 1.807) is 6.07 Å². The van der Waals surface area contributed by atoms with Crippen LogP contribution >= 0.6 is 15.9 Å². The van der Waals surface area contributed by atoms with Gasteiger partial charge in [-0.25, -0.2) is 4.79 Å². The maximum atomic E-state index is 11.3. The van der Waals surface area contributed by atoms with E-state index in [0.29, 0.717) is 18.8 Å². The molecule has 0 saturated carbocycles. The van der Waals surface area contributed by atoms with Crippen LogP contribution in [0.5, 0.6) is 5.75 Å². The molecule has 0 radical (unpaired) electrons. The summed E-state index contributed by atoms with van der Waals surface area (Å²) in [5.74, 6) is -0.0563. The number of para-hydroxylation sites is 1. The van der Waals surface area contributed by atoms with Crippen LogP contribution in [0.15, 0.2) is 46.9 Å². The van der Waals surface area contributed by atoms with Crippen LogP contribution in [0.1, 0.15) is 28.8 Å². The van der Waals surface area contributed by atoms with Crippen LogP contribution in [0, 0.1) is 6.92 Å². The van der Waals surface area contributed by atoms with Crippen molar-refractivity contribution in [3.63, 3.8) is 0 Å². The summed E-state index contributed by atoms with van der Waals surface area (Å²) >= 11 is 3.43. The maximum absolute atomic E-state index is 11.3. The van der Waals surface area contributed by atoms with E-state index < -0.39 is 5.97 Å². The molecule has 0 unspecified atom stereocenters. The highest BCUT2D eigenvalue weighted by Gasteiger charge is 2.13. The summed E-state index contributed by atoms with van der Waals surface area (Å²) in [4.78, 5) is 11.3. The third kappa shape index (κ3) is 5.28. The van der Waals surface area contributed by atoms with Gasteiger partial charge in [0.2, 0.25) is 0 Å². The van der Waals surface area contributed by atoms with Gasteiger partial charge in [-0.15, -0.1) is 0 Å². The molecule has 0 aliphatic carbocycles. The van der Waals surface area contributed by atoms with Crippen LogP contribution in [-0.4, -0.2) is 24.2 Å². The number of carbonyl (C=O) groups is 1. The van der Waals surface area contributed by atoms with Gasteiger partial charge in [0.05, 0.1) is 17.9 Å². The first-order valence-electron chi connectivity index (χ1n) is 7.53. The molecule has 2 aromatic carbocycles. The van der Waals surface area contributed by atoms with E-state index in [2.05, 4.69) is 21.2 Å². The van der Waals surface area contributed by atoms with Gasteiger partial charge in [0.15, 0.2) is 0 Å². The van der Waals surface area contributed by atoms with Crippen molar-refractivity contribution in [1.82, 2.24) is 0 Å². The molecule has 2 aromatic rings. The molecule has 0 spiro atoms. The zero-order chi connectivity index (χ0) is 16.7. The maximum Gasteiger partial charge on any atom is 0.337 e. The standard InChI is InChI=1S/C18H20BrNO3/c1-13-11-15(18(21)22)17(16(19)12-13)20-9-5-6-10-23-14-7-3-2-4-8-14/h2-4,7-8,11-12,20H,5-6,9-10H2,1H3,(H,21,22). The van der Waals surface area contributed by atoms with Crippen molar-refractivity contribution < 1.29 is 14.6 Å². The number of aromatic carboxylic acids is 1. The van der Waals surface area contributed by atoms with Crippen LogP contribution in [-0.2, 0) is 0 Å². The quantitative estimate of drug-likeness (QED) is 0.653. The molecule has 0 heterocycles. The lowest BCUT2D eigenvalue weighted by Gasteiger charge is -2.13. The molecular weight excluding hydrogens is 358 g/mol. The molecule has 0 aliphatic heterocycles. The molecule has 2 rings (SSSR count). The Morgan fingerprint density at radius 1 is 1.22 bits per heavy atom. The minimum absolute atomic E-state index is 0.289. The number of halogens is 1. The second-order valence-electron chi connectivity index (χ2n) is 5.27. The Morgan fingerprint density at radius 3 is 2.65 bits per heavy atom. The van der Waals surface area contributed by atoms with Crippen molar-refractivity contribution in [3.05, 3.63) is 58.1 Å². The minimum Gasteiger partial charge on any atom is -0.494 e. The summed E-state index contributed by atoms with van der Waals surface area (Å²) in [6.07, 6.45) is 1.79. The number of hydrogen-bond acceptors (Lipinski definition) is 3. The normalized spacial score (nSPS) is 10.3. The smallest absolute Gasteiger partial charge is 0.337 e. The van der Waals surface area contributed by atoms with Gasteiger partial charge in [-0.2, -0.15) is 0 Å². The first kappa shape index (κ1) is 17.3. The number of rotatable bonds is 8. The summed E-state index contributed by atoms with van der Waals surface area (Å²) in [7, 11) is 0. The number of nitrogens with one attached hydrogen (secondary N) is 1. The number of unbranched alkanes of at least 4 members (excludes halogenated alkanes) is 1. The van der Waals surface area contributed by atoms with E-state index in [4.69, 9.17) is 4.74 Å². The van der Waals surface area contributed by atoms with Crippen LogP contribution in [0.2, 0.25) is 0 Å². The predicted molar refractivity (Wildman–Crippen MR) is 95.5 cm³/mol. The molecule has 122 valence electrons. The topological polar surface area (TPSA) is 58.6 Å². The summed E-state index contributed by atoms with van der Waals surface area (Å²) in [6, 6.07) is 13.3. The van der Waals surface area contributed by atoms with E-state index >= 15 is 0 Å². The summed E-state index contributed by atoms with van der Waals surface area (Å²) in [6.45, 7) is 3.22. The fraction of sp³-hybridized carbons (Fsp3) is 0.278. The van der Waals surface area contributed by atoms with E-state index in [1.807, 2.05) is 43.3 Å². The molecule has 0 aromatic heterocycles. The number of carboxylic acid groups (broad SMARTS) is 1. The summed E-state index contributed by atoms with van der Waals surface area (Å²) in [5.41, 5.74) is 1.83. The molecule has 5 heteroatoms. The van der Waals surface area contributed by atoms with Crippen LogP contribution in [0.3, 0.4) is 0 Å². The third-order valence-corrected chi connectivity index (χ3v) is 3.98. The number of benzene rings is 2. The minimum atomic E-state index is -0.927. The van der Waals surface area contributed by atoms with Crippen LogP contribution in [0.4, 0.5) is 5.69 Å². The van der Waals surface area contributed by atoms with Crippen LogP contribution < -0.4 is 10.1 Å². The zero-order valence-corrected chi connectivity index (χ0v) is 14.6. The third-order valence-electron chi connectivity index (χ3n) is 3.35. The first-order chi connectivity index (χ1) is 11.1.